The zero-order valence-electron chi connectivity index (χ0n) is 22.9. The van der Waals surface area contributed by atoms with Crippen LogP contribution in [0.5, 0.6) is 0 Å². The molecule has 0 N–H and O–H groups in total. The lowest BCUT2D eigenvalue weighted by atomic mass is 9.81. The predicted molar refractivity (Wildman–Crippen MR) is 144 cm³/mol. The van der Waals surface area contributed by atoms with Crippen LogP contribution in [0.2, 0.25) is 0 Å². The Balaban J connectivity index is 0.00000103. The number of hydrogen-bond acceptors (Lipinski definition) is 0. The van der Waals surface area contributed by atoms with Gasteiger partial charge in [-0.25, -0.2) is 13.2 Å². The van der Waals surface area contributed by atoms with E-state index in [0.29, 0.717) is 5.92 Å². The third kappa shape index (κ3) is 7.86. The smallest absolute Gasteiger partial charge is 0.131 e. The summed E-state index contributed by atoms with van der Waals surface area (Å²) in [6.07, 6.45) is 12.9. The van der Waals surface area contributed by atoms with Crippen LogP contribution in [-0.4, -0.2) is 0 Å². The SMILES string of the molecule is CC.CC.Cc1c(F)cc(-c2ccc(C3CCCC(C4CCCC(C)CC4)CC3)cc2F)cc1F. The Bertz CT molecular complexity index is 881. The van der Waals surface area contributed by atoms with E-state index in [1.54, 1.807) is 12.1 Å². The first-order valence-corrected chi connectivity index (χ1v) is 14.2. The Morgan fingerprint density at radius 2 is 1.20 bits per heavy atom. The molecule has 0 heterocycles. The van der Waals surface area contributed by atoms with E-state index in [-0.39, 0.29) is 16.7 Å². The standard InChI is InChI=1S/C28H35F3.2C2H6/c1-18-5-3-6-20(10-9-18)21-7-4-8-22(12-11-21)23-13-14-25(28(31)15-23)24-16-26(29)19(2)27(30)17-24;2*1-2/h13-18,20-22H,3-12H2,1-2H3;2*1-2H3. The molecule has 196 valence electrons. The van der Waals surface area contributed by atoms with Gasteiger partial charge in [-0.15, -0.1) is 0 Å². The van der Waals surface area contributed by atoms with E-state index in [9.17, 15) is 13.2 Å². The lowest BCUT2D eigenvalue weighted by Gasteiger charge is -2.25. The summed E-state index contributed by atoms with van der Waals surface area (Å²) >= 11 is 0. The monoisotopic (exact) mass is 488 g/mol. The van der Waals surface area contributed by atoms with Crippen LogP contribution in [0.4, 0.5) is 13.2 Å². The molecule has 2 fully saturated rings. The Labute approximate surface area is 212 Å². The van der Waals surface area contributed by atoms with Gasteiger partial charge in [0, 0.05) is 11.1 Å². The molecular weight excluding hydrogens is 441 g/mol. The third-order valence-electron chi connectivity index (χ3n) is 8.04. The van der Waals surface area contributed by atoms with Crippen LogP contribution < -0.4 is 0 Å². The third-order valence-corrected chi connectivity index (χ3v) is 8.04. The van der Waals surface area contributed by atoms with Gasteiger partial charge in [0.05, 0.1) is 0 Å². The first kappa shape index (κ1) is 29.5. The maximum Gasteiger partial charge on any atom is 0.131 e. The van der Waals surface area contributed by atoms with Gasteiger partial charge in [0.15, 0.2) is 0 Å². The van der Waals surface area contributed by atoms with Gasteiger partial charge in [-0.05, 0) is 85.6 Å². The first-order chi connectivity index (χ1) is 16.9. The molecule has 4 rings (SSSR count). The van der Waals surface area contributed by atoms with Gasteiger partial charge >= 0.3 is 0 Å². The molecule has 3 heteroatoms. The number of benzene rings is 2. The molecule has 35 heavy (non-hydrogen) atoms. The minimum atomic E-state index is -0.638. The van der Waals surface area contributed by atoms with E-state index in [0.717, 1.165) is 36.2 Å². The first-order valence-electron chi connectivity index (χ1n) is 14.2. The van der Waals surface area contributed by atoms with E-state index in [2.05, 4.69) is 6.92 Å². The summed E-state index contributed by atoms with van der Waals surface area (Å²) in [5.74, 6) is 1.28. The molecule has 0 saturated heterocycles. The van der Waals surface area contributed by atoms with Crippen molar-refractivity contribution in [2.24, 2.45) is 17.8 Å². The van der Waals surface area contributed by atoms with Crippen molar-refractivity contribution in [1.29, 1.82) is 0 Å². The average Bonchev–Trinajstić information content (AvgIpc) is 3.25. The molecular formula is C32H47F3. The molecule has 2 aliphatic carbocycles. The van der Waals surface area contributed by atoms with Crippen molar-refractivity contribution in [3.05, 3.63) is 58.9 Å². The summed E-state index contributed by atoms with van der Waals surface area (Å²) in [6.45, 7) is 11.8. The molecule has 0 nitrogen and oxygen atoms in total. The largest absolute Gasteiger partial charge is 0.207 e. The van der Waals surface area contributed by atoms with Gasteiger partial charge in [0.2, 0.25) is 0 Å². The average molecular weight is 489 g/mol. The van der Waals surface area contributed by atoms with Gasteiger partial charge < -0.3 is 0 Å². The minimum absolute atomic E-state index is 0.0306. The fourth-order valence-electron chi connectivity index (χ4n) is 5.94. The van der Waals surface area contributed by atoms with Crippen LogP contribution in [0.1, 0.15) is 116 Å². The summed E-state index contributed by atoms with van der Waals surface area (Å²) in [7, 11) is 0. The maximum atomic E-state index is 15.0. The second kappa shape index (κ2) is 14.7. The highest BCUT2D eigenvalue weighted by Gasteiger charge is 2.28. The second-order valence-electron chi connectivity index (χ2n) is 10.1. The number of halogens is 3. The summed E-state index contributed by atoms with van der Waals surface area (Å²) in [6, 6.07) is 7.71. The zero-order valence-corrected chi connectivity index (χ0v) is 22.9. The van der Waals surface area contributed by atoms with Gasteiger partial charge in [-0.3, -0.25) is 0 Å². The summed E-state index contributed by atoms with van der Waals surface area (Å²) in [4.78, 5) is 0. The zero-order chi connectivity index (χ0) is 26.0. The van der Waals surface area contributed by atoms with Crippen LogP contribution in [0, 0.1) is 42.1 Å². The quantitative estimate of drug-likeness (QED) is 0.377. The van der Waals surface area contributed by atoms with Crippen molar-refractivity contribution in [2.75, 3.05) is 0 Å². The summed E-state index contributed by atoms with van der Waals surface area (Å²) in [5.41, 5.74) is 1.52. The Hall–Kier alpha value is -1.77. The number of hydrogen-bond donors (Lipinski definition) is 0. The summed E-state index contributed by atoms with van der Waals surface area (Å²) in [5, 5.41) is 0. The van der Waals surface area contributed by atoms with Crippen LogP contribution >= 0.6 is 0 Å². The highest BCUT2D eigenvalue weighted by Crippen LogP contribution is 2.42. The molecule has 4 atom stereocenters. The lowest BCUT2D eigenvalue weighted by Crippen LogP contribution is -2.14. The molecule has 0 bridgehead atoms. The van der Waals surface area contributed by atoms with Crippen molar-refractivity contribution in [3.63, 3.8) is 0 Å². The molecule has 2 aromatic rings. The van der Waals surface area contributed by atoms with E-state index < -0.39 is 17.5 Å². The van der Waals surface area contributed by atoms with E-state index >= 15 is 0 Å². The Kier molecular flexibility index (Phi) is 12.4. The highest BCUT2D eigenvalue weighted by molar-refractivity contribution is 5.65. The van der Waals surface area contributed by atoms with E-state index in [4.69, 9.17) is 0 Å². The van der Waals surface area contributed by atoms with Crippen molar-refractivity contribution in [3.8, 4) is 11.1 Å². The molecule has 2 aromatic carbocycles. The lowest BCUT2D eigenvalue weighted by molar-refractivity contribution is 0.266. The molecule has 4 unspecified atom stereocenters. The predicted octanol–water partition coefficient (Wildman–Crippen LogP) is 11.0. The normalized spacial score (nSPS) is 24.7. The van der Waals surface area contributed by atoms with Crippen molar-refractivity contribution in [2.45, 2.75) is 112 Å². The molecule has 2 aliphatic rings. The van der Waals surface area contributed by atoms with Crippen molar-refractivity contribution >= 4 is 0 Å². The van der Waals surface area contributed by atoms with Crippen LogP contribution in [0.25, 0.3) is 11.1 Å². The highest BCUT2D eigenvalue weighted by atomic mass is 19.1. The molecule has 0 aliphatic heterocycles. The van der Waals surface area contributed by atoms with E-state index in [1.807, 2.05) is 33.8 Å². The van der Waals surface area contributed by atoms with Gasteiger partial charge in [-0.2, -0.15) is 0 Å². The fourth-order valence-corrected chi connectivity index (χ4v) is 5.94. The molecule has 0 aromatic heterocycles. The molecule has 0 amide bonds. The minimum Gasteiger partial charge on any atom is -0.207 e. The maximum absolute atomic E-state index is 15.0. The van der Waals surface area contributed by atoms with E-state index in [1.165, 1.54) is 70.4 Å². The second-order valence-corrected chi connectivity index (χ2v) is 10.1. The Morgan fingerprint density at radius 1 is 0.629 bits per heavy atom. The van der Waals surface area contributed by atoms with Crippen molar-refractivity contribution < 1.29 is 13.2 Å². The molecule has 0 spiro atoms. The Morgan fingerprint density at radius 3 is 1.80 bits per heavy atom. The van der Waals surface area contributed by atoms with Crippen LogP contribution in [-0.2, 0) is 0 Å². The van der Waals surface area contributed by atoms with Crippen LogP contribution in [0.3, 0.4) is 0 Å². The van der Waals surface area contributed by atoms with Gasteiger partial charge in [-0.1, -0.05) is 85.3 Å². The molecule has 2 saturated carbocycles. The fraction of sp³-hybridized carbons (Fsp3) is 0.625. The van der Waals surface area contributed by atoms with Gasteiger partial charge in [0.1, 0.15) is 17.5 Å². The number of rotatable bonds is 3. The van der Waals surface area contributed by atoms with Crippen molar-refractivity contribution in [1.82, 2.24) is 0 Å². The van der Waals surface area contributed by atoms with Crippen LogP contribution in [0.15, 0.2) is 30.3 Å². The van der Waals surface area contributed by atoms with Gasteiger partial charge in [0.25, 0.3) is 0 Å². The molecule has 0 radical (unpaired) electrons. The topological polar surface area (TPSA) is 0 Å². The summed E-state index contributed by atoms with van der Waals surface area (Å²) < 4.78 is 42.9.